The van der Waals surface area contributed by atoms with Crippen LogP contribution in [0.15, 0.2) is 12.5 Å². The Bertz CT molecular complexity index is 447. The van der Waals surface area contributed by atoms with Gasteiger partial charge in [-0.2, -0.15) is 0 Å². The molecule has 1 aromatic heterocycles. The molecule has 7 heteroatoms. The van der Waals surface area contributed by atoms with Gasteiger partial charge in [-0.05, 0) is 20.0 Å². The summed E-state index contributed by atoms with van der Waals surface area (Å²) in [6.45, 7) is 3.92. The van der Waals surface area contributed by atoms with Crippen molar-refractivity contribution in [3.63, 3.8) is 0 Å². The van der Waals surface area contributed by atoms with E-state index in [2.05, 4.69) is 20.6 Å². The maximum absolute atomic E-state index is 12.1. The van der Waals surface area contributed by atoms with Gasteiger partial charge in [0.25, 0.3) is 0 Å². The van der Waals surface area contributed by atoms with Gasteiger partial charge < -0.3 is 20.4 Å². The summed E-state index contributed by atoms with van der Waals surface area (Å²) in [6.07, 6.45) is 4.38. The summed E-state index contributed by atoms with van der Waals surface area (Å²) in [5.41, 5.74) is 0.797. The van der Waals surface area contributed by atoms with E-state index in [0.717, 1.165) is 12.1 Å². The molecule has 0 aliphatic carbocycles. The standard InChI is InChI=1S/C14H24N4O3/c1-5-9(2)12(16-4)14(20)21-13(19)11(15-3)6-10-7-17-8-18-10/h7-9,11-12,15-16H,5-6H2,1-4H3,(H,17,18)/t9-,11-,12-/m0/s1. The van der Waals surface area contributed by atoms with Gasteiger partial charge in [0.1, 0.15) is 12.1 Å². The van der Waals surface area contributed by atoms with Crippen LogP contribution in [-0.4, -0.2) is 48.1 Å². The minimum Gasteiger partial charge on any atom is -0.391 e. The van der Waals surface area contributed by atoms with E-state index in [1.807, 2.05) is 13.8 Å². The number of hydrogen-bond donors (Lipinski definition) is 3. The number of ether oxygens (including phenoxy) is 1. The van der Waals surface area contributed by atoms with Crippen LogP contribution >= 0.6 is 0 Å². The first-order valence-corrected chi connectivity index (χ1v) is 7.10. The molecule has 0 saturated heterocycles. The molecule has 1 rings (SSSR count). The highest BCUT2D eigenvalue weighted by atomic mass is 16.6. The third-order valence-corrected chi connectivity index (χ3v) is 3.59. The molecule has 1 aromatic rings. The molecule has 0 aromatic carbocycles. The summed E-state index contributed by atoms with van der Waals surface area (Å²) >= 11 is 0. The largest absolute Gasteiger partial charge is 0.391 e. The van der Waals surface area contributed by atoms with Crippen LogP contribution in [0.1, 0.15) is 26.0 Å². The van der Waals surface area contributed by atoms with E-state index in [1.54, 1.807) is 26.6 Å². The molecule has 21 heavy (non-hydrogen) atoms. The number of aromatic amines is 1. The SMILES string of the molecule is CC[C@H](C)[C@H](NC)C(=O)OC(=O)[C@H](Cc1cnc[nH]1)NC. The van der Waals surface area contributed by atoms with Gasteiger partial charge in [0.2, 0.25) is 0 Å². The average molecular weight is 296 g/mol. The van der Waals surface area contributed by atoms with Crippen molar-refractivity contribution < 1.29 is 14.3 Å². The molecule has 0 fully saturated rings. The van der Waals surface area contributed by atoms with Crippen LogP contribution in [0.25, 0.3) is 0 Å². The third kappa shape index (κ3) is 4.95. The van der Waals surface area contributed by atoms with Crippen molar-refractivity contribution in [3.8, 4) is 0 Å². The number of likely N-dealkylation sites (N-methyl/N-ethyl adjacent to an activating group) is 2. The van der Waals surface area contributed by atoms with Gasteiger partial charge in [-0.15, -0.1) is 0 Å². The van der Waals surface area contributed by atoms with Crippen molar-refractivity contribution >= 4 is 11.9 Å². The number of nitrogens with zero attached hydrogens (tertiary/aromatic N) is 1. The molecule has 0 unspecified atom stereocenters. The van der Waals surface area contributed by atoms with Crippen LogP contribution in [0.2, 0.25) is 0 Å². The molecular weight excluding hydrogens is 272 g/mol. The molecule has 0 spiro atoms. The number of carbonyl (C=O) groups excluding carboxylic acids is 2. The first-order chi connectivity index (χ1) is 10.0. The second kappa shape index (κ2) is 8.53. The molecular formula is C14H24N4O3. The van der Waals surface area contributed by atoms with Crippen LogP contribution in [0, 0.1) is 5.92 Å². The van der Waals surface area contributed by atoms with Crippen LogP contribution in [0.3, 0.4) is 0 Å². The first kappa shape index (κ1) is 17.3. The molecule has 0 aliphatic rings. The lowest BCUT2D eigenvalue weighted by Gasteiger charge is -2.21. The fourth-order valence-electron chi connectivity index (χ4n) is 2.02. The van der Waals surface area contributed by atoms with Gasteiger partial charge >= 0.3 is 11.9 Å². The molecule has 7 nitrogen and oxygen atoms in total. The quantitative estimate of drug-likeness (QED) is 0.470. The molecule has 0 bridgehead atoms. The van der Waals surface area contributed by atoms with Gasteiger partial charge in [-0.3, -0.25) is 0 Å². The normalized spacial score (nSPS) is 15.2. The summed E-state index contributed by atoms with van der Waals surface area (Å²) < 4.78 is 4.99. The number of hydrogen-bond acceptors (Lipinski definition) is 6. The second-order valence-corrected chi connectivity index (χ2v) is 5.01. The summed E-state index contributed by atoms with van der Waals surface area (Å²) in [5, 5.41) is 5.75. The monoisotopic (exact) mass is 296 g/mol. The van der Waals surface area contributed by atoms with Crippen molar-refractivity contribution in [1.29, 1.82) is 0 Å². The summed E-state index contributed by atoms with van der Waals surface area (Å²) in [7, 11) is 3.33. The van der Waals surface area contributed by atoms with Crippen molar-refractivity contribution in [3.05, 3.63) is 18.2 Å². The Labute approximate surface area is 124 Å². The van der Waals surface area contributed by atoms with Crippen molar-refractivity contribution in [1.82, 2.24) is 20.6 Å². The van der Waals surface area contributed by atoms with Gasteiger partial charge in [-0.25, -0.2) is 14.6 Å². The number of nitrogens with one attached hydrogen (secondary N) is 3. The van der Waals surface area contributed by atoms with E-state index >= 15 is 0 Å². The fourth-order valence-corrected chi connectivity index (χ4v) is 2.02. The maximum Gasteiger partial charge on any atom is 0.331 e. The van der Waals surface area contributed by atoms with E-state index in [0.29, 0.717) is 6.42 Å². The van der Waals surface area contributed by atoms with Crippen molar-refractivity contribution in [2.45, 2.75) is 38.8 Å². The predicted octanol–water partition coefficient (Wildman–Crippen LogP) is 0.244. The van der Waals surface area contributed by atoms with Crippen molar-refractivity contribution in [2.24, 2.45) is 5.92 Å². The zero-order chi connectivity index (χ0) is 15.8. The van der Waals surface area contributed by atoms with Gasteiger partial charge in [0.15, 0.2) is 0 Å². The lowest BCUT2D eigenvalue weighted by atomic mass is 9.99. The van der Waals surface area contributed by atoms with Crippen LogP contribution in [0.5, 0.6) is 0 Å². The molecule has 1 heterocycles. The summed E-state index contributed by atoms with van der Waals surface area (Å²) in [4.78, 5) is 30.9. The van der Waals surface area contributed by atoms with E-state index in [9.17, 15) is 9.59 Å². The zero-order valence-corrected chi connectivity index (χ0v) is 13.0. The fraction of sp³-hybridized carbons (Fsp3) is 0.643. The number of rotatable bonds is 8. The number of imidazole rings is 1. The second-order valence-electron chi connectivity index (χ2n) is 5.01. The van der Waals surface area contributed by atoms with E-state index in [-0.39, 0.29) is 5.92 Å². The average Bonchev–Trinajstić information content (AvgIpc) is 2.97. The Hall–Kier alpha value is -1.73. The Balaban J connectivity index is 2.62. The molecule has 0 amide bonds. The predicted molar refractivity (Wildman–Crippen MR) is 78.5 cm³/mol. The highest BCUT2D eigenvalue weighted by molar-refractivity contribution is 5.91. The number of aromatic nitrogens is 2. The zero-order valence-electron chi connectivity index (χ0n) is 13.0. The Morgan fingerprint density at radius 3 is 2.52 bits per heavy atom. The number of H-pyrrole nitrogens is 1. The highest BCUT2D eigenvalue weighted by Crippen LogP contribution is 2.10. The van der Waals surface area contributed by atoms with E-state index in [1.165, 1.54) is 0 Å². The first-order valence-electron chi connectivity index (χ1n) is 7.10. The minimum atomic E-state index is -0.594. The van der Waals surface area contributed by atoms with E-state index in [4.69, 9.17) is 4.74 Å². The minimum absolute atomic E-state index is 0.0935. The van der Waals surface area contributed by atoms with Crippen LogP contribution in [-0.2, 0) is 20.7 Å². The Morgan fingerprint density at radius 2 is 2.05 bits per heavy atom. The van der Waals surface area contributed by atoms with Gasteiger partial charge in [0.05, 0.1) is 6.33 Å². The molecule has 0 aliphatic heterocycles. The molecule has 0 radical (unpaired) electrons. The Morgan fingerprint density at radius 1 is 1.33 bits per heavy atom. The summed E-state index contributed by atoms with van der Waals surface area (Å²) in [6, 6.07) is -1.08. The maximum atomic E-state index is 12.1. The van der Waals surface area contributed by atoms with Gasteiger partial charge in [-0.1, -0.05) is 20.3 Å². The number of carbonyl (C=O) groups is 2. The molecule has 118 valence electrons. The molecule has 3 atom stereocenters. The van der Waals surface area contributed by atoms with Gasteiger partial charge in [0, 0.05) is 18.3 Å². The van der Waals surface area contributed by atoms with Crippen molar-refractivity contribution in [2.75, 3.05) is 14.1 Å². The number of esters is 2. The smallest absolute Gasteiger partial charge is 0.331 e. The lowest BCUT2D eigenvalue weighted by molar-refractivity contribution is -0.163. The van der Waals surface area contributed by atoms with Crippen LogP contribution < -0.4 is 10.6 Å². The van der Waals surface area contributed by atoms with E-state index < -0.39 is 24.0 Å². The third-order valence-electron chi connectivity index (χ3n) is 3.59. The topological polar surface area (TPSA) is 96.1 Å². The Kier molecular flexibility index (Phi) is 7.04. The summed E-state index contributed by atoms with van der Waals surface area (Å²) in [5.74, 6) is -1.03. The highest BCUT2D eigenvalue weighted by Gasteiger charge is 2.28. The molecule has 3 N–H and O–H groups in total. The van der Waals surface area contributed by atoms with Crippen LogP contribution in [0.4, 0.5) is 0 Å². The molecule has 0 saturated carbocycles. The lowest BCUT2D eigenvalue weighted by Crippen LogP contribution is -2.45.